The Kier molecular flexibility index (Phi) is 7.11. The molecule has 0 unspecified atom stereocenters. The van der Waals surface area contributed by atoms with Crippen LogP contribution in [0, 0.1) is 30.3 Å². The lowest BCUT2D eigenvalue weighted by molar-refractivity contribution is 0.210. The van der Waals surface area contributed by atoms with E-state index in [1.807, 2.05) is 0 Å². The van der Waals surface area contributed by atoms with Crippen molar-refractivity contribution in [2.24, 2.45) is 5.92 Å². The number of piperidine rings is 1. The van der Waals surface area contributed by atoms with E-state index >= 15 is 0 Å². The SMILES string of the molecule is Cc1ccc(OC[C@H]2CCCNC2)c(Oc2c(F)cc(F)cc2F)n1.Cl. The predicted molar refractivity (Wildman–Crippen MR) is 93.7 cm³/mol. The van der Waals surface area contributed by atoms with Gasteiger partial charge in [-0.2, -0.15) is 0 Å². The van der Waals surface area contributed by atoms with E-state index in [-0.39, 0.29) is 18.3 Å². The molecule has 0 saturated carbocycles. The molecule has 142 valence electrons. The zero-order valence-corrected chi connectivity index (χ0v) is 15.0. The average molecular weight is 389 g/mol. The summed E-state index contributed by atoms with van der Waals surface area (Å²) in [4.78, 5) is 4.15. The number of nitrogens with one attached hydrogen (secondary N) is 1. The number of nitrogens with zero attached hydrogens (tertiary/aromatic N) is 1. The van der Waals surface area contributed by atoms with Crippen molar-refractivity contribution < 1.29 is 22.6 Å². The Balaban J connectivity index is 0.00000243. The number of aromatic nitrogens is 1. The summed E-state index contributed by atoms with van der Waals surface area (Å²) >= 11 is 0. The van der Waals surface area contributed by atoms with E-state index in [1.165, 1.54) is 0 Å². The monoisotopic (exact) mass is 388 g/mol. The van der Waals surface area contributed by atoms with Crippen LogP contribution < -0.4 is 14.8 Å². The molecule has 1 saturated heterocycles. The fourth-order valence-corrected chi connectivity index (χ4v) is 2.70. The van der Waals surface area contributed by atoms with Gasteiger partial charge in [-0.05, 0) is 38.4 Å². The molecule has 3 rings (SSSR count). The lowest BCUT2D eigenvalue weighted by atomic mass is 10.0. The number of hydrogen-bond donors (Lipinski definition) is 1. The summed E-state index contributed by atoms with van der Waals surface area (Å²) in [5, 5.41) is 3.29. The number of pyridine rings is 1. The van der Waals surface area contributed by atoms with Gasteiger partial charge in [0.05, 0.1) is 6.61 Å². The topological polar surface area (TPSA) is 43.4 Å². The normalized spacial score (nSPS) is 16.7. The van der Waals surface area contributed by atoms with Crippen LogP contribution in [0.1, 0.15) is 18.5 Å². The fourth-order valence-electron chi connectivity index (χ4n) is 2.70. The minimum atomic E-state index is -1.14. The van der Waals surface area contributed by atoms with Crippen molar-refractivity contribution in [2.45, 2.75) is 19.8 Å². The van der Waals surface area contributed by atoms with Crippen molar-refractivity contribution in [3.63, 3.8) is 0 Å². The number of hydrogen-bond acceptors (Lipinski definition) is 4. The molecule has 0 radical (unpaired) electrons. The molecule has 26 heavy (non-hydrogen) atoms. The average Bonchev–Trinajstić information content (AvgIpc) is 2.58. The Bertz CT molecular complexity index is 732. The van der Waals surface area contributed by atoms with E-state index < -0.39 is 23.2 Å². The Hall–Kier alpha value is -1.99. The maximum Gasteiger partial charge on any atom is 0.262 e. The second-order valence-electron chi connectivity index (χ2n) is 6.08. The van der Waals surface area contributed by atoms with Crippen LogP contribution in [0.3, 0.4) is 0 Å². The van der Waals surface area contributed by atoms with Crippen molar-refractivity contribution in [3.05, 3.63) is 47.4 Å². The molecule has 8 heteroatoms. The first-order valence-electron chi connectivity index (χ1n) is 8.16. The van der Waals surface area contributed by atoms with Gasteiger partial charge in [0, 0.05) is 30.3 Å². The van der Waals surface area contributed by atoms with Gasteiger partial charge in [0.25, 0.3) is 5.88 Å². The lowest BCUT2D eigenvalue weighted by Gasteiger charge is -2.23. The molecule has 1 aliphatic rings. The van der Waals surface area contributed by atoms with E-state index in [2.05, 4.69) is 10.3 Å². The molecule has 1 aromatic carbocycles. The Morgan fingerprint density at radius 1 is 1.19 bits per heavy atom. The first kappa shape index (κ1) is 20.3. The van der Waals surface area contributed by atoms with E-state index in [0.29, 0.717) is 36.1 Å². The Morgan fingerprint density at radius 3 is 2.58 bits per heavy atom. The number of ether oxygens (including phenoxy) is 2. The van der Waals surface area contributed by atoms with E-state index in [4.69, 9.17) is 9.47 Å². The van der Waals surface area contributed by atoms with Crippen LogP contribution in [0.4, 0.5) is 13.2 Å². The summed E-state index contributed by atoms with van der Waals surface area (Å²) in [6.07, 6.45) is 2.12. The molecule has 1 aromatic heterocycles. The second kappa shape index (κ2) is 9.09. The summed E-state index contributed by atoms with van der Waals surface area (Å²) in [5.74, 6) is -3.40. The van der Waals surface area contributed by atoms with Crippen LogP contribution in [-0.4, -0.2) is 24.7 Å². The third-order valence-electron chi connectivity index (χ3n) is 4.00. The van der Waals surface area contributed by atoms with Gasteiger partial charge >= 0.3 is 0 Å². The molecule has 4 nitrogen and oxygen atoms in total. The molecule has 0 spiro atoms. The molecule has 0 bridgehead atoms. The first-order valence-corrected chi connectivity index (χ1v) is 8.16. The predicted octanol–water partition coefficient (Wildman–Crippen LogP) is 4.40. The van der Waals surface area contributed by atoms with Crippen molar-refractivity contribution in [3.8, 4) is 17.4 Å². The van der Waals surface area contributed by atoms with Crippen LogP contribution in [0.5, 0.6) is 17.4 Å². The first-order chi connectivity index (χ1) is 12.0. The molecule has 2 heterocycles. The van der Waals surface area contributed by atoms with Crippen molar-refractivity contribution in [1.29, 1.82) is 0 Å². The second-order valence-corrected chi connectivity index (χ2v) is 6.08. The van der Waals surface area contributed by atoms with Gasteiger partial charge in [0.15, 0.2) is 17.4 Å². The molecule has 2 aromatic rings. The minimum absolute atomic E-state index is 0. The number of halogens is 4. The third kappa shape index (κ3) is 5.02. The highest BCUT2D eigenvalue weighted by atomic mass is 35.5. The zero-order valence-electron chi connectivity index (χ0n) is 14.2. The summed E-state index contributed by atoms with van der Waals surface area (Å²) in [5.41, 5.74) is 0.601. The highest BCUT2D eigenvalue weighted by Crippen LogP contribution is 2.33. The zero-order chi connectivity index (χ0) is 17.8. The van der Waals surface area contributed by atoms with Crippen LogP contribution in [0.15, 0.2) is 24.3 Å². The highest BCUT2D eigenvalue weighted by Gasteiger charge is 2.19. The molecule has 1 aliphatic heterocycles. The van der Waals surface area contributed by atoms with Crippen molar-refractivity contribution in [2.75, 3.05) is 19.7 Å². The smallest absolute Gasteiger partial charge is 0.262 e. The molecule has 1 atom stereocenters. The quantitative estimate of drug-likeness (QED) is 0.824. The van der Waals surface area contributed by atoms with Crippen molar-refractivity contribution >= 4 is 12.4 Å². The molecular formula is C18H20ClF3N2O2. The Labute approximate surface area is 156 Å². The van der Waals surface area contributed by atoms with Gasteiger partial charge in [0.1, 0.15) is 5.82 Å². The van der Waals surface area contributed by atoms with Gasteiger partial charge in [-0.3, -0.25) is 0 Å². The van der Waals surface area contributed by atoms with Gasteiger partial charge < -0.3 is 14.8 Å². The largest absolute Gasteiger partial charge is 0.488 e. The summed E-state index contributed by atoms with van der Waals surface area (Å²) in [6.45, 7) is 4.03. The summed E-state index contributed by atoms with van der Waals surface area (Å²) < 4.78 is 51.7. The van der Waals surface area contributed by atoms with Gasteiger partial charge in [-0.15, -0.1) is 12.4 Å². The molecule has 0 amide bonds. The van der Waals surface area contributed by atoms with E-state index in [0.717, 1.165) is 25.9 Å². The van der Waals surface area contributed by atoms with Crippen LogP contribution in [-0.2, 0) is 0 Å². The molecule has 1 N–H and O–H groups in total. The minimum Gasteiger partial charge on any atom is -0.488 e. The summed E-state index contributed by atoms with van der Waals surface area (Å²) in [7, 11) is 0. The van der Waals surface area contributed by atoms with Crippen LogP contribution >= 0.6 is 12.4 Å². The van der Waals surface area contributed by atoms with Gasteiger partial charge in [0.2, 0.25) is 5.75 Å². The maximum absolute atomic E-state index is 13.8. The lowest BCUT2D eigenvalue weighted by Crippen LogP contribution is -2.33. The fraction of sp³-hybridized carbons (Fsp3) is 0.389. The van der Waals surface area contributed by atoms with Crippen molar-refractivity contribution in [1.82, 2.24) is 10.3 Å². The highest BCUT2D eigenvalue weighted by molar-refractivity contribution is 5.85. The Morgan fingerprint density at radius 2 is 1.92 bits per heavy atom. The van der Waals surface area contributed by atoms with Crippen LogP contribution in [0.25, 0.3) is 0 Å². The molecule has 1 fully saturated rings. The maximum atomic E-state index is 13.8. The van der Waals surface area contributed by atoms with Crippen LogP contribution in [0.2, 0.25) is 0 Å². The van der Waals surface area contributed by atoms with E-state index in [1.54, 1.807) is 19.1 Å². The van der Waals surface area contributed by atoms with Gasteiger partial charge in [-0.25, -0.2) is 18.2 Å². The standard InChI is InChI=1S/C18H19F3N2O2.ClH/c1-11-4-5-16(24-10-12-3-2-6-22-9-12)18(23-11)25-17-14(20)7-13(19)8-15(17)21;/h4-5,7-8,12,22H,2-3,6,9-10H2,1H3;1H/t12-;/m0./s1. The third-order valence-corrected chi connectivity index (χ3v) is 4.00. The number of rotatable bonds is 5. The van der Waals surface area contributed by atoms with Gasteiger partial charge in [-0.1, -0.05) is 0 Å². The number of benzene rings is 1. The molecular weight excluding hydrogens is 369 g/mol. The summed E-state index contributed by atoms with van der Waals surface area (Å²) in [6, 6.07) is 4.48. The van der Waals surface area contributed by atoms with E-state index in [9.17, 15) is 13.2 Å². The number of aryl methyl sites for hydroxylation is 1. The molecule has 0 aliphatic carbocycles.